The highest BCUT2D eigenvalue weighted by atomic mass is 16.6. The van der Waals surface area contributed by atoms with Crippen molar-refractivity contribution in [3.63, 3.8) is 0 Å². The summed E-state index contributed by atoms with van der Waals surface area (Å²) in [5.41, 5.74) is 0.318. The molecule has 1 fully saturated rings. The summed E-state index contributed by atoms with van der Waals surface area (Å²) >= 11 is 0. The Morgan fingerprint density at radius 1 is 1.00 bits per heavy atom. The van der Waals surface area contributed by atoms with Gasteiger partial charge in [0.25, 0.3) is 0 Å². The Morgan fingerprint density at radius 2 is 1.58 bits per heavy atom. The Morgan fingerprint density at radius 3 is 2.13 bits per heavy atom. The van der Waals surface area contributed by atoms with Crippen molar-refractivity contribution in [1.82, 2.24) is 15.1 Å². The smallest absolute Gasteiger partial charge is 0.410 e. The third-order valence-corrected chi connectivity index (χ3v) is 4.75. The molecule has 1 atom stereocenters. The molecule has 1 aliphatic heterocycles. The third kappa shape index (κ3) is 8.47. The Balaban J connectivity index is 1.89. The van der Waals surface area contributed by atoms with Crippen LogP contribution < -0.4 is 5.32 Å². The Kier molecular flexibility index (Phi) is 8.71. The van der Waals surface area contributed by atoms with Crippen LogP contribution in [0.3, 0.4) is 0 Å². The number of carbonyl (C=O) groups is 3. The van der Waals surface area contributed by atoms with Crippen LogP contribution in [0.2, 0.25) is 0 Å². The fourth-order valence-corrected chi connectivity index (χ4v) is 3.26. The average molecular weight is 434 g/mol. The fraction of sp³-hybridized carbons (Fsp3) is 0.609. The molecule has 3 amide bonds. The first-order chi connectivity index (χ1) is 14.5. The monoisotopic (exact) mass is 433 g/mol. The van der Waals surface area contributed by atoms with Gasteiger partial charge in [-0.25, -0.2) is 9.59 Å². The molecule has 0 radical (unpaired) electrons. The van der Waals surface area contributed by atoms with E-state index < -0.39 is 17.7 Å². The fourth-order valence-electron chi connectivity index (χ4n) is 3.26. The summed E-state index contributed by atoms with van der Waals surface area (Å²) in [5, 5.41) is 2.72. The van der Waals surface area contributed by atoms with Crippen molar-refractivity contribution in [3.05, 3.63) is 35.9 Å². The molecule has 1 aliphatic rings. The SMILES string of the molecule is CC(C)CC(NC(=O)OCc1ccccc1)C(=O)N1CCN(C(=O)OC(C)(C)C)CC1. The van der Waals surface area contributed by atoms with Gasteiger partial charge in [-0.15, -0.1) is 0 Å². The first kappa shape index (κ1) is 24.5. The zero-order valence-electron chi connectivity index (χ0n) is 19.2. The van der Waals surface area contributed by atoms with Crippen molar-refractivity contribution in [1.29, 1.82) is 0 Å². The standard InChI is InChI=1S/C23H35N3O5/c1-17(2)15-19(24-21(28)30-16-18-9-7-6-8-10-18)20(27)25-11-13-26(14-12-25)22(29)31-23(3,4)5/h6-10,17,19H,11-16H2,1-5H3,(H,24,28). The Labute approximate surface area is 184 Å². The van der Waals surface area contributed by atoms with E-state index in [-0.39, 0.29) is 24.5 Å². The number of rotatable bonds is 6. The van der Waals surface area contributed by atoms with E-state index in [2.05, 4.69) is 5.32 Å². The number of nitrogens with one attached hydrogen (secondary N) is 1. The van der Waals surface area contributed by atoms with Crippen molar-refractivity contribution in [3.8, 4) is 0 Å². The van der Waals surface area contributed by atoms with Crippen molar-refractivity contribution >= 4 is 18.1 Å². The zero-order chi connectivity index (χ0) is 23.0. The molecule has 8 heteroatoms. The highest BCUT2D eigenvalue weighted by Gasteiger charge is 2.32. The molecule has 1 aromatic carbocycles. The topological polar surface area (TPSA) is 88.2 Å². The number of carbonyl (C=O) groups excluding carboxylic acids is 3. The van der Waals surface area contributed by atoms with Gasteiger partial charge in [-0.1, -0.05) is 44.2 Å². The maximum atomic E-state index is 13.1. The van der Waals surface area contributed by atoms with Crippen LogP contribution in [0.15, 0.2) is 30.3 Å². The molecule has 0 spiro atoms. The maximum Gasteiger partial charge on any atom is 0.410 e. The molecular formula is C23H35N3O5. The Hall–Kier alpha value is -2.77. The summed E-state index contributed by atoms with van der Waals surface area (Å²) in [7, 11) is 0. The molecule has 1 saturated heterocycles. The molecule has 1 heterocycles. The number of ether oxygens (including phenoxy) is 2. The van der Waals surface area contributed by atoms with Crippen LogP contribution in [0.25, 0.3) is 0 Å². The van der Waals surface area contributed by atoms with Gasteiger partial charge in [0.2, 0.25) is 5.91 Å². The lowest BCUT2D eigenvalue weighted by atomic mass is 10.0. The number of amides is 3. The minimum Gasteiger partial charge on any atom is -0.445 e. The van der Waals surface area contributed by atoms with Gasteiger partial charge in [-0.05, 0) is 38.7 Å². The van der Waals surface area contributed by atoms with Gasteiger partial charge in [-0.3, -0.25) is 4.79 Å². The molecule has 31 heavy (non-hydrogen) atoms. The highest BCUT2D eigenvalue weighted by Crippen LogP contribution is 2.14. The highest BCUT2D eigenvalue weighted by molar-refractivity contribution is 5.86. The first-order valence-electron chi connectivity index (χ1n) is 10.8. The summed E-state index contributed by atoms with van der Waals surface area (Å²) < 4.78 is 10.7. The van der Waals surface area contributed by atoms with E-state index in [9.17, 15) is 14.4 Å². The van der Waals surface area contributed by atoms with Crippen LogP contribution in [-0.2, 0) is 20.9 Å². The molecule has 172 valence electrons. The van der Waals surface area contributed by atoms with Crippen LogP contribution in [0.5, 0.6) is 0 Å². The van der Waals surface area contributed by atoms with Gasteiger partial charge < -0.3 is 24.6 Å². The quantitative estimate of drug-likeness (QED) is 0.743. The van der Waals surface area contributed by atoms with Crippen molar-refractivity contribution in [2.75, 3.05) is 26.2 Å². The van der Waals surface area contributed by atoms with Crippen LogP contribution >= 0.6 is 0 Å². The van der Waals surface area contributed by atoms with Crippen molar-refractivity contribution in [2.24, 2.45) is 5.92 Å². The van der Waals surface area contributed by atoms with E-state index in [1.54, 1.807) is 9.80 Å². The number of hydrogen-bond acceptors (Lipinski definition) is 5. The van der Waals surface area contributed by atoms with Gasteiger partial charge in [0.1, 0.15) is 18.2 Å². The number of benzene rings is 1. The summed E-state index contributed by atoms with van der Waals surface area (Å²) in [4.78, 5) is 40.9. The number of hydrogen-bond donors (Lipinski definition) is 1. The van der Waals surface area contributed by atoms with E-state index in [1.165, 1.54) is 0 Å². The predicted molar refractivity (Wildman–Crippen MR) is 117 cm³/mol. The molecule has 0 aromatic heterocycles. The van der Waals surface area contributed by atoms with Crippen LogP contribution in [0.4, 0.5) is 9.59 Å². The second-order valence-corrected chi connectivity index (χ2v) is 9.18. The van der Waals surface area contributed by atoms with E-state index in [0.717, 1.165) is 5.56 Å². The molecule has 0 saturated carbocycles. The van der Waals surface area contributed by atoms with E-state index in [0.29, 0.717) is 32.6 Å². The van der Waals surface area contributed by atoms with Gasteiger partial charge in [0.05, 0.1) is 0 Å². The van der Waals surface area contributed by atoms with Crippen LogP contribution in [-0.4, -0.2) is 65.7 Å². The molecule has 1 aromatic rings. The molecule has 1 unspecified atom stereocenters. The summed E-state index contributed by atoms with van der Waals surface area (Å²) in [6.45, 7) is 11.2. The maximum absolute atomic E-state index is 13.1. The largest absolute Gasteiger partial charge is 0.445 e. The first-order valence-corrected chi connectivity index (χ1v) is 10.8. The number of alkyl carbamates (subject to hydrolysis) is 1. The average Bonchev–Trinajstić information content (AvgIpc) is 2.70. The molecular weight excluding hydrogens is 398 g/mol. The number of nitrogens with zero attached hydrogens (tertiary/aromatic N) is 2. The van der Waals surface area contributed by atoms with Crippen molar-refractivity contribution < 1.29 is 23.9 Å². The summed E-state index contributed by atoms with van der Waals surface area (Å²) in [6.07, 6.45) is -0.484. The van der Waals surface area contributed by atoms with E-state index in [1.807, 2.05) is 65.0 Å². The van der Waals surface area contributed by atoms with Gasteiger partial charge in [-0.2, -0.15) is 0 Å². The van der Waals surface area contributed by atoms with Gasteiger partial charge in [0, 0.05) is 26.2 Å². The van der Waals surface area contributed by atoms with E-state index >= 15 is 0 Å². The molecule has 8 nitrogen and oxygen atoms in total. The molecule has 2 rings (SSSR count). The number of piperazine rings is 1. The van der Waals surface area contributed by atoms with E-state index in [4.69, 9.17) is 9.47 Å². The van der Waals surface area contributed by atoms with Crippen molar-refractivity contribution in [2.45, 2.75) is 59.3 Å². The molecule has 0 bridgehead atoms. The third-order valence-electron chi connectivity index (χ3n) is 4.75. The minimum atomic E-state index is -0.670. The lowest BCUT2D eigenvalue weighted by molar-refractivity contribution is -0.135. The molecule has 1 N–H and O–H groups in total. The summed E-state index contributed by atoms with van der Waals surface area (Å²) in [6, 6.07) is 8.71. The predicted octanol–water partition coefficient (Wildman–Crippen LogP) is 3.41. The second kappa shape index (κ2) is 11.0. The van der Waals surface area contributed by atoms with Crippen LogP contribution in [0.1, 0.15) is 46.6 Å². The summed E-state index contributed by atoms with van der Waals surface area (Å²) in [5.74, 6) is 0.0561. The lowest BCUT2D eigenvalue weighted by Crippen LogP contribution is -2.56. The normalized spacial score (nSPS) is 15.4. The second-order valence-electron chi connectivity index (χ2n) is 9.18. The zero-order valence-corrected chi connectivity index (χ0v) is 19.2. The lowest BCUT2D eigenvalue weighted by Gasteiger charge is -2.37. The Bertz CT molecular complexity index is 737. The minimum absolute atomic E-state index is 0.143. The molecule has 0 aliphatic carbocycles. The van der Waals surface area contributed by atoms with Gasteiger partial charge >= 0.3 is 12.2 Å². The van der Waals surface area contributed by atoms with Gasteiger partial charge in [0.15, 0.2) is 0 Å². The van der Waals surface area contributed by atoms with Crippen LogP contribution in [0, 0.1) is 5.92 Å².